The van der Waals surface area contributed by atoms with Gasteiger partial charge in [0.2, 0.25) is 5.91 Å². The maximum Gasteiger partial charge on any atom is 0.411 e. The molecule has 7 heteroatoms. The van der Waals surface area contributed by atoms with Gasteiger partial charge in [0.05, 0.1) is 22.8 Å². The first-order valence-corrected chi connectivity index (χ1v) is 14.0. The largest absolute Gasteiger partial charge is 0.438 e. The van der Waals surface area contributed by atoms with E-state index in [1.54, 1.807) is 23.6 Å². The molecule has 40 heavy (non-hydrogen) atoms. The lowest BCUT2D eigenvalue weighted by Gasteiger charge is -2.45. The lowest BCUT2D eigenvalue weighted by Crippen LogP contribution is -2.51. The van der Waals surface area contributed by atoms with E-state index in [1.165, 1.54) is 0 Å². The van der Waals surface area contributed by atoms with E-state index in [2.05, 4.69) is 4.98 Å². The molecule has 2 aliphatic heterocycles. The molecule has 210 valence electrons. The number of aromatic nitrogens is 1. The zero-order chi connectivity index (χ0) is 28.7. The summed E-state index contributed by atoms with van der Waals surface area (Å²) >= 11 is 0. The van der Waals surface area contributed by atoms with Crippen LogP contribution in [0, 0.1) is 0 Å². The van der Waals surface area contributed by atoms with Crippen LogP contribution in [0.25, 0.3) is 11.1 Å². The Balaban J connectivity index is 1.30. The van der Waals surface area contributed by atoms with E-state index in [9.17, 15) is 14.7 Å². The molecule has 0 radical (unpaired) electrons. The summed E-state index contributed by atoms with van der Waals surface area (Å²) in [5.74, 6) is 0.114. The maximum absolute atomic E-state index is 13.4. The number of hydrogen-bond donors (Lipinski definition) is 1. The fourth-order valence-electron chi connectivity index (χ4n) is 6.18. The summed E-state index contributed by atoms with van der Waals surface area (Å²) in [5, 5.41) is 10.6. The molecule has 2 saturated heterocycles. The van der Waals surface area contributed by atoms with E-state index in [-0.39, 0.29) is 18.0 Å². The molecule has 0 aliphatic carbocycles. The summed E-state index contributed by atoms with van der Waals surface area (Å²) in [6.07, 6.45) is 3.13. The van der Waals surface area contributed by atoms with E-state index in [4.69, 9.17) is 4.74 Å². The number of ether oxygens (including phenoxy) is 1. The first-order valence-electron chi connectivity index (χ1n) is 14.0. The highest BCUT2D eigenvalue weighted by Crippen LogP contribution is 2.42. The Hall–Kier alpha value is -3.71. The van der Waals surface area contributed by atoms with Gasteiger partial charge in [-0.15, -0.1) is 0 Å². The molecular weight excluding hydrogens is 502 g/mol. The van der Waals surface area contributed by atoms with Gasteiger partial charge in [0.1, 0.15) is 5.60 Å². The highest BCUT2D eigenvalue weighted by Gasteiger charge is 2.46. The van der Waals surface area contributed by atoms with Crippen LogP contribution in [0.2, 0.25) is 0 Å². The topological polar surface area (TPSA) is 83.0 Å². The normalized spacial score (nSPS) is 24.2. The second kappa shape index (κ2) is 10.4. The quantitative estimate of drug-likeness (QED) is 0.407. The molecule has 2 aliphatic rings. The van der Waals surface area contributed by atoms with E-state index >= 15 is 0 Å². The maximum atomic E-state index is 13.4. The van der Waals surface area contributed by atoms with Crippen LogP contribution < -0.4 is 0 Å². The van der Waals surface area contributed by atoms with Crippen LogP contribution in [0.5, 0.6) is 0 Å². The van der Waals surface area contributed by atoms with Gasteiger partial charge in [-0.25, -0.2) is 4.79 Å². The Morgan fingerprint density at radius 3 is 2.20 bits per heavy atom. The number of nitrogens with zero attached hydrogens (tertiary/aromatic N) is 3. The van der Waals surface area contributed by atoms with Crippen molar-refractivity contribution in [3.05, 3.63) is 89.7 Å². The number of carbonyl (C=O) groups excluding carboxylic acids is 2. The molecule has 0 saturated carbocycles. The molecule has 1 N–H and O–H groups in total. The first-order chi connectivity index (χ1) is 18.9. The number of rotatable bonds is 7. The van der Waals surface area contributed by atoms with E-state index < -0.39 is 16.6 Å². The van der Waals surface area contributed by atoms with Crippen LogP contribution in [-0.4, -0.2) is 57.6 Å². The van der Waals surface area contributed by atoms with Crippen LogP contribution >= 0.6 is 0 Å². The monoisotopic (exact) mass is 541 g/mol. The Labute approximate surface area is 236 Å². The highest BCUT2D eigenvalue weighted by atomic mass is 16.6. The first kappa shape index (κ1) is 27.8. The fraction of sp³-hybridized carbons (Fsp3) is 0.424. The molecular formula is C33H39N3O4. The van der Waals surface area contributed by atoms with Gasteiger partial charge in [0, 0.05) is 44.7 Å². The van der Waals surface area contributed by atoms with Crippen molar-refractivity contribution in [1.29, 1.82) is 0 Å². The molecule has 3 atom stereocenters. The molecule has 0 bridgehead atoms. The van der Waals surface area contributed by atoms with Gasteiger partial charge in [-0.3, -0.25) is 9.78 Å². The zero-order valence-corrected chi connectivity index (χ0v) is 24.1. The molecule has 2 unspecified atom stereocenters. The van der Waals surface area contributed by atoms with Crippen LogP contribution in [0.4, 0.5) is 4.79 Å². The van der Waals surface area contributed by atoms with Crippen molar-refractivity contribution < 1.29 is 19.4 Å². The van der Waals surface area contributed by atoms with E-state index in [0.29, 0.717) is 19.4 Å². The van der Waals surface area contributed by atoms with Gasteiger partial charge in [0.25, 0.3) is 0 Å². The minimum absolute atomic E-state index is 0.114. The average molecular weight is 542 g/mol. The van der Waals surface area contributed by atoms with E-state index in [1.807, 2.05) is 93.8 Å². The Morgan fingerprint density at radius 2 is 1.65 bits per heavy atom. The predicted octanol–water partition coefficient (Wildman–Crippen LogP) is 5.83. The number of cyclic esters (lactones) is 1. The molecule has 3 heterocycles. The number of likely N-dealkylation sites (N-methyl/N-ethyl adjacent to an activating group) is 1. The van der Waals surface area contributed by atoms with E-state index in [0.717, 1.165) is 40.9 Å². The van der Waals surface area contributed by atoms with Gasteiger partial charge < -0.3 is 19.6 Å². The standard InChI is InChI=1S/C33H39N3O4/c1-23(36-20-18-33(40-30(36)38,22-31(2,3)39)27-9-7-6-8-10-27)24-11-13-25(14-12-24)26-15-16-28(34-21-26)32(4)17-19-35(5)29(32)37/h6-16,21,23,39H,17-20,22H2,1-5H3/t23-,32?,33?/m0/s1. The van der Waals surface area contributed by atoms with Gasteiger partial charge in [-0.1, -0.05) is 60.7 Å². The summed E-state index contributed by atoms with van der Waals surface area (Å²) in [5.41, 5.74) is 2.27. The van der Waals surface area contributed by atoms with Crippen LogP contribution in [-0.2, 0) is 20.5 Å². The number of carbonyl (C=O) groups is 2. The molecule has 2 aromatic carbocycles. The van der Waals surface area contributed by atoms with Crippen LogP contribution in [0.1, 0.15) is 69.8 Å². The summed E-state index contributed by atoms with van der Waals surface area (Å²) in [4.78, 5) is 34.2. The van der Waals surface area contributed by atoms with Crippen molar-refractivity contribution in [3.63, 3.8) is 0 Å². The molecule has 2 fully saturated rings. The summed E-state index contributed by atoms with van der Waals surface area (Å²) in [6.45, 7) is 8.74. The average Bonchev–Trinajstić information content (AvgIpc) is 3.21. The predicted molar refractivity (Wildman–Crippen MR) is 155 cm³/mol. The number of likely N-dealkylation sites (tertiary alicyclic amines) is 1. The smallest absolute Gasteiger partial charge is 0.411 e. The van der Waals surface area contributed by atoms with Gasteiger partial charge in [0.15, 0.2) is 0 Å². The number of aliphatic hydroxyl groups is 1. The second-order valence-electron chi connectivity index (χ2n) is 12.2. The third-order valence-corrected chi connectivity index (χ3v) is 8.58. The van der Waals surface area contributed by atoms with Crippen molar-refractivity contribution in [2.45, 2.75) is 69.6 Å². The summed E-state index contributed by atoms with van der Waals surface area (Å²) < 4.78 is 6.15. The molecule has 0 spiro atoms. The Kier molecular flexibility index (Phi) is 7.21. The molecule has 7 nitrogen and oxygen atoms in total. The SMILES string of the molecule is C[C@@H](c1ccc(-c2ccc(C3(C)CCN(C)C3=O)nc2)cc1)N1CCC(CC(C)(C)O)(c2ccccc2)OC1=O. The van der Waals surface area contributed by atoms with Crippen molar-refractivity contribution >= 4 is 12.0 Å². The lowest BCUT2D eigenvalue weighted by atomic mass is 9.80. The highest BCUT2D eigenvalue weighted by molar-refractivity contribution is 5.89. The van der Waals surface area contributed by atoms with Gasteiger partial charge in [-0.2, -0.15) is 0 Å². The molecule has 3 aromatic rings. The second-order valence-corrected chi connectivity index (χ2v) is 12.2. The van der Waals surface area contributed by atoms with Gasteiger partial charge >= 0.3 is 6.09 Å². The van der Waals surface area contributed by atoms with Crippen molar-refractivity contribution in [3.8, 4) is 11.1 Å². The van der Waals surface area contributed by atoms with Crippen molar-refractivity contribution in [2.24, 2.45) is 0 Å². The third-order valence-electron chi connectivity index (χ3n) is 8.58. The summed E-state index contributed by atoms with van der Waals surface area (Å²) in [7, 11) is 1.84. The molecule has 1 aromatic heterocycles. The van der Waals surface area contributed by atoms with Crippen molar-refractivity contribution in [2.75, 3.05) is 20.1 Å². The minimum Gasteiger partial charge on any atom is -0.438 e. The summed E-state index contributed by atoms with van der Waals surface area (Å²) in [6, 6.07) is 21.7. The lowest BCUT2D eigenvalue weighted by molar-refractivity contribution is -0.131. The Morgan fingerprint density at radius 1 is 0.975 bits per heavy atom. The molecule has 5 rings (SSSR count). The number of pyridine rings is 1. The third kappa shape index (κ3) is 5.22. The number of amides is 2. The zero-order valence-electron chi connectivity index (χ0n) is 24.1. The van der Waals surface area contributed by atoms with Crippen molar-refractivity contribution in [1.82, 2.24) is 14.8 Å². The minimum atomic E-state index is -0.993. The molecule has 2 amide bonds. The van der Waals surface area contributed by atoms with Gasteiger partial charge in [-0.05, 0) is 56.9 Å². The Bertz CT molecular complexity index is 1370. The number of hydrogen-bond acceptors (Lipinski definition) is 5. The number of benzene rings is 2. The van der Waals surface area contributed by atoms with Crippen LogP contribution in [0.15, 0.2) is 72.9 Å². The fourth-order valence-corrected chi connectivity index (χ4v) is 6.18. The van der Waals surface area contributed by atoms with Crippen LogP contribution in [0.3, 0.4) is 0 Å².